The molecule has 0 spiro atoms. The van der Waals surface area contributed by atoms with E-state index in [2.05, 4.69) is 31.9 Å². The molecule has 0 bridgehead atoms. The van der Waals surface area contributed by atoms with E-state index in [-0.39, 0.29) is 86.1 Å². The van der Waals surface area contributed by atoms with Gasteiger partial charge in [0, 0.05) is 58.4 Å². The largest absolute Gasteiger partial charge is 0.347 e. The third kappa shape index (κ3) is 13.8. The number of ketones is 2. The number of carbonyl (C=O) groups excluding carboxylic acids is 8. The fourth-order valence-electron chi connectivity index (χ4n) is 10.7. The number of likely N-dealkylation sites (tertiary alicyclic amines) is 2. The number of hydrogen-bond donors (Lipinski definition) is 6. The molecule has 10 atom stereocenters. The predicted octanol–water partition coefficient (Wildman–Crippen LogP) is 6.25. The van der Waals surface area contributed by atoms with Crippen LogP contribution in [0.25, 0.3) is 0 Å². The van der Waals surface area contributed by atoms with Gasteiger partial charge < -0.3 is 41.7 Å². The molecule has 18 heteroatoms. The lowest BCUT2D eigenvalue weighted by Gasteiger charge is -2.36. The lowest BCUT2D eigenvalue weighted by molar-refractivity contribution is -0.144. The molecule has 3 aromatic rings. The van der Waals surface area contributed by atoms with Crippen LogP contribution >= 0.6 is 23.5 Å². The minimum Gasteiger partial charge on any atom is -0.347 e. The van der Waals surface area contributed by atoms with E-state index in [1.807, 2.05) is 90.1 Å². The standard InChI is InChI=1S/C58H78N8O8S2/c1-33(59-9)51(69)63-49(57(3,4)5)55(73)65-31-35(26-43(65)53(71)61-41-22-24-75-47-20-13-11-18-39(41)47)28-45(67)37-16-15-17-38(30-37)46(68)29-36-27-44(54(72)62-42-23-25-76-48-21-14-12-19-40(42)48)66(32-36)56(74)50(58(6,7)8)64-52(70)34(2)60-10/h11-21,30,33-36,41-44,49-50,59-60H,22-29,31-32H2,1-10H3,(H,61,71)(H,62,72)(H,63,69)(H,64,70)/t33-,34-,35+,36+,41?,42?,43-,44-,49+,50+/m0/s1. The summed E-state index contributed by atoms with van der Waals surface area (Å²) >= 11 is 3.47. The molecule has 2 saturated heterocycles. The lowest BCUT2D eigenvalue weighted by Crippen LogP contribution is -2.59. The summed E-state index contributed by atoms with van der Waals surface area (Å²) in [6.07, 6.45) is 1.85. The first-order valence-electron chi connectivity index (χ1n) is 26.8. The average Bonchev–Trinajstić information content (AvgIpc) is 4.03. The Morgan fingerprint density at radius 3 is 1.32 bits per heavy atom. The number of thioether (sulfide) groups is 2. The molecule has 4 aliphatic rings. The third-order valence-corrected chi connectivity index (χ3v) is 17.6. The summed E-state index contributed by atoms with van der Waals surface area (Å²) in [6, 6.07) is 17.1. The Morgan fingerprint density at radius 1 is 0.566 bits per heavy atom. The van der Waals surface area contributed by atoms with Gasteiger partial charge in [0.2, 0.25) is 35.4 Å². The molecule has 6 amide bonds. The molecule has 16 nitrogen and oxygen atoms in total. The van der Waals surface area contributed by atoms with Gasteiger partial charge in [0.1, 0.15) is 24.2 Å². The quantitative estimate of drug-likeness (QED) is 0.0781. The first-order chi connectivity index (χ1) is 36.0. The van der Waals surface area contributed by atoms with Crippen molar-refractivity contribution in [2.45, 2.75) is 152 Å². The molecule has 7 rings (SSSR count). The Hall–Kier alpha value is -5.56. The molecule has 0 aliphatic carbocycles. The van der Waals surface area contributed by atoms with Crippen LogP contribution in [0.5, 0.6) is 0 Å². The molecule has 3 aromatic carbocycles. The van der Waals surface area contributed by atoms with Gasteiger partial charge in [0.15, 0.2) is 11.6 Å². The number of nitrogens with zero attached hydrogens (tertiary/aromatic N) is 2. The fourth-order valence-corrected chi connectivity index (χ4v) is 12.9. The van der Waals surface area contributed by atoms with Crippen LogP contribution in [0.3, 0.4) is 0 Å². The van der Waals surface area contributed by atoms with Gasteiger partial charge in [-0.3, -0.25) is 38.4 Å². The highest BCUT2D eigenvalue weighted by atomic mass is 32.2. The molecule has 0 aromatic heterocycles. The van der Waals surface area contributed by atoms with Gasteiger partial charge in [-0.1, -0.05) is 96.1 Å². The van der Waals surface area contributed by atoms with Gasteiger partial charge in [-0.25, -0.2) is 0 Å². The highest BCUT2D eigenvalue weighted by molar-refractivity contribution is 7.99. The van der Waals surface area contributed by atoms with Gasteiger partial charge in [0.25, 0.3) is 0 Å². The normalized spacial score (nSPS) is 23.0. The molecule has 0 radical (unpaired) electrons. The second-order valence-corrected chi connectivity index (χ2v) is 25.4. The van der Waals surface area contributed by atoms with Crippen LogP contribution in [-0.2, 0) is 28.8 Å². The summed E-state index contributed by atoms with van der Waals surface area (Å²) in [5.74, 6) is -1.86. The van der Waals surface area contributed by atoms with E-state index in [1.165, 1.54) is 9.80 Å². The van der Waals surface area contributed by atoms with Gasteiger partial charge >= 0.3 is 0 Å². The number of likely N-dealkylation sites (N-methyl/N-ethyl adjacent to an activating group) is 2. The van der Waals surface area contributed by atoms with Crippen molar-refractivity contribution in [1.82, 2.24) is 41.7 Å². The van der Waals surface area contributed by atoms with Crippen LogP contribution in [0, 0.1) is 22.7 Å². The van der Waals surface area contributed by atoms with Crippen molar-refractivity contribution in [1.29, 1.82) is 0 Å². The Balaban J connectivity index is 1.09. The maximum absolute atomic E-state index is 14.7. The summed E-state index contributed by atoms with van der Waals surface area (Å²) < 4.78 is 0. The van der Waals surface area contributed by atoms with Crippen molar-refractivity contribution in [3.8, 4) is 0 Å². The molecular formula is C58H78N8O8S2. The SMILES string of the molecule is CN[C@@H](C)C(=O)N[C@H](C(=O)N1C[C@@H](CC(=O)c2cccc(C(=O)C[C@H]3C[C@@H](C(=O)NC4CCSc5ccccc54)N(C(=O)[C@@H](NC(=O)[C@H](C)NC)C(C)(C)C)C3)c2)C[C@H]1C(=O)NC1CCSc2ccccc21)C(C)(C)C. The van der Waals surface area contributed by atoms with E-state index < -0.39 is 70.7 Å². The monoisotopic (exact) mass is 1080 g/mol. The lowest BCUT2D eigenvalue weighted by atomic mass is 9.85. The van der Waals surface area contributed by atoms with Crippen molar-refractivity contribution in [3.05, 3.63) is 95.1 Å². The zero-order chi connectivity index (χ0) is 55.2. The number of Topliss-reactive ketones (excluding diaryl/α,β-unsaturated/α-hetero) is 2. The van der Waals surface area contributed by atoms with E-state index in [4.69, 9.17) is 0 Å². The second kappa shape index (κ2) is 24.8. The zero-order valence-corrected chi connectivity index (χ0v) is 47.4. The minimum absolute atomic E-state index is 0.00331. The maximum Gasteiger partial charge on any atom is 0.246 e. The molecule has 0 saturated carbocycles. The molecule has 76 heavy (non-hydrogen) atoms. The molecule has 4 aliphatic heterocycles. The molecule has 2 unspecified atom stereocenters. The fraction of sp³-hybridized carbons (Fsp3) is 0.552. The van der Waals surface area contributed by atoms with Crippen LogP contribution in [-0.4, -0.2) is 132 Å². The number of amides is 6. The van der Waals surface area contributed by atoms with E-state index in [1.54, 1.807) is 75.7 Å². The minimum atomic E-state index is -0.966. The number of carbonyl (C=O) groups is 8. The first-order valence-corrected chi connectivity index (χ1v) is 28.7. The molecule has 410 valence electrons. The second-order valence-electron chi connectivity index (χ2n) is 23.2. The maximum atomic E-state index is 14.7. The van der Waals surface area contributed by atoms with Gasteiger partial charge in [-0.15, -0.1) is 23.5 Å². The van der Waals surface area contributed by atoms with Gasteiger partial charge in [-0.2, -0.15) is 0 Å². The van der Waals surface area contributed by atoms with Crippen LogP contribution in [0.15, 0.2) is 82.6 Å². The Kier molecular flexibility index (Phi) is 19.0. The first kappa shape index (κ1) is 58.1. The van der Waals surface area contributed by atoms with Crippen LogP contribution < -0.4 is 31.9 Å². The van der Waals surface area contributed by atoms with Crippen molar-refractivity contribution in [2.24, 2.45) is 22.7 Å². The summed E-state index contributed by atoms with van der Waals surface area (Å²) in [7, 11) is 3.32. The third-order valence-electron chi connectivity index (χ3n) is 15.4. The van der Waals surface area contributed by atoms with E-state index in [9.17, 15) is 38.4 Å². The highest BCUT2D eigenvalue weighted by Gasteiger charge is 2.48. The smallest absolute Gasteiger partial charge is 0.246 e. The number of nitrogens with one attached hydrogen (secondary N) is 6. The van der Waals surface area contributed by atoms with Crippen LogP contribution in [0.1, 0.15) is 138 Å². The summed E-state index contributed by atoms with van der Waals surface area (Å²) in [6.45, 7) is 14.8. The van der Waals surface area contributed by atoms with Gasteiger partial charge in [-0.05, 0) is 106 Å². The van der Waals surface area contributed by atoms with E-state index in [0.29, 0.717) is 24.0 Å². The van der Waals surface area contributed by atoms with Crippen molar-refractivity contribution < 1.29 is 38.4 Å². The number of fused-ring (bicyclic) bond motifs is 2. The van der Waals surface area contributed by atoms with Crippen molar-refractivity contribution in [2.75, 3.05) is 38.7 Å². The van der Waals surface area contributed by atoms with Crippen LogP contribution in [0.2, 0.25) is 0 Å². The Labute approximate surface area is 456 Å². The van der Waals surface area contributed by atoms with E-state index in [0.717, 1.165) is 32.4 Å². The average molecular weight is 1080 g/mol. The summed E-state index contributed by atoms with van der Waals surface area (Å²) in [4.78, 5) is 119. The number of rotatable bonds is 18. The Morgan fingerprint density at radius 2 is 0.947 bits per heavy atom. The summed E-state index contributed by atoms with van der Waals surface area (Å²) in [5.41, 5.74) is 1.20. The van der Waals surface area contributed by atoms with Gasteiger partial charge in [0.05, 0.1) is 24.2 Å². The highest BCUT2D eigenvalue weighted by Crippen LogP contribution is 2.39. The molecule has 4 heterocycles. The summed E-state index contributed by atoms with van der Waals surface area (Å²) in [5, 5.41) is 18.2. The zero-order valence-electron chi connectivity index (χ0n) is 45.7. The predicted molar refractivity (Wildman–Crippen MR) is 297 cm³/mol. The number of benzene rings is 3. The molecular weight excluding hydrogens is 1000 g/mol. The molecule has 2 fully saturated rings. The number of hydrogen-bond acceptors (Lipinski definition) is 12. The van der Waals surface area contributed by atoms with Crippen LogP contribution in [0.4, 0.5) is 0 Å². The Bertz CT molecular complexity index is 2490. The molecule has 6 N–H and O–H groups in total. The van der Waals surface area contributed by atoms with E-state index >= 15 is 0 Å². The van der Waals surface area contributed by atoms with Crippen molar-refractivity contribution in [3.63, 3.8) is 0 Å². The van der Waals surface area contributed by atoms with Crippen molar-refractivity contribution >= 4 is 70.5 Å². The topological polar surface area (TPSA) is 215 Å².